The van der Waals surface area contributed by atoms with Gasteiger partial charge in [-0.25, -0.2) is 0 Å². The zero-order valence-corrected chi connectivity index (χ0v) is 12.6. The average molecular weight is 334 g/mol. The summed E-state index contributed by atoms with van der Waals surface area (Å²) in [5.41, 5.74) is 0.650. The lowest BCUT2D eigenvalue weighted by molar-refractivity contribution is 0.344. The van der Waals surface area contributed by atoms with Gasteiger partial charge in [0.25, 0.3) is 0 Å². The standard InChI is InChI=1S/C15H12BrNOS/c16-13-3-7-15(8-4-13)19-10-9-18-14-5-1-12(11-17)2-6-14/h1-8H,9-10H2. The first-order chi connectivity index (χ1) is 9.28. The Hall–Kier alpha value is -1.44. The zero-order valence-electron chi connectivity index (χ0n) is 10.2. The van der Waals surface area contributed by atoms with Crippen LogP contribution in [0.3, 0.4) is 0 Å². The Balaban J connectivity index is 1.74. The maximum atomic E-state index is 8.69. The lowest BCUT2D eigenvalue weighted by Crippen LogP contribution is -1.99. The first-order valence-electron chi connectivity index (χ1n) is 5.79. The minimum Gasteiger partial charge on any atom is -0.493 e. The van der Waals surface area contributed by atoms with Gasteiger partial charge < -0.3 is 4.74 Å². The fraction of sp³-hybridized carbons (Fsp3) is 0.133. The van der Waals surface area contributed by atoms with E-state index in [2.05, 4.69) is 34.1 Å². The molecule has 0 saturated carbocycles. The third-order valence-electron chi connectivity index (χ3n) is 2.42. The summed E-state index contributed by atoms with van der Waals surface area (Å²) in [5.74, 6) is 1.69. The third kappa shape index (κ3) is 4.62. The van der Waals surface area contributed by atoms with Gasteiger partial charge in [-0.1, -0.05) is 15.9 Å². The number of halogens is 1. The molecule has 2 nitrogen and oxygen atoms in total. The number of benzene rings is 2. The smallest absolute Gasteiger partial charge is 0.119 e. The molecule has 0 saturated heterocycles. The second kappa shape index (κ2) is 7.22. The van der Waals surface area contributed by atoms with E-state index in [9.17, 15) is 0 Å². The van der Waals surface area contributed by atoms with Crippen molar-refractivity contribution in [2.75, 3.05) is 12.4 Å². The van der Waals surface area contributed by atoms with Gasteiger partial charge in [0, 0.05) is 15.1 Å². The van der Waals surface area contributed by atoms with Crippen LogP contribution in [0.5, 0.6) is 5.75 Å². The highest BCUT2D eigenvalue weighted by Crippen LogP contribution is 2.20. The van der Waals surface area contributed by atoms with E-state index in [1.54, 1.807) is 23.9 Å². The van der Waals surface area contributed by atoms with Crippen LogP contribution in [0.4, 0.5) is 0 Å². The monoisotopic (exact) mass is 333 g/mol. The highest BCUT2D eigenvalue weighted by molar-refractivity contribution is 9.10. The Morgan fingerprint density at radius 3 is 2.37 bits per heavy atom. The quantitative estimate of drug-likeness (QED) is 0.596. The molecule has 2 aromatic carbocycles. The fourth-order valence-corrected chi connectivity index (χ4v) is 2.47. The predicted molar refractivity (Wildman–Crippen MR) is 81.5 cm³/mol. The summed E-state index contributed by atoms with van der Waals surface area (Å²) in [6.45, 7) is 0.645. The van der Waals surface area contributed by atoms with Crippen LogP contribution in [0.15, 0.2) is 57.9 Å². The molecule has 0 aliphatic carbocycles. The van der Waals surface area contributed by atoms with Crippen molar-refractivity contribution in [3.63, 3.8) is 0 Å². The van der Waals surface area contributed by atoms with Crippen LogP contribution in [-0.4, -0.2) is 12.4 Å². The van der Waals surface area contributed by atoms with Crippen molar-refractivity contribution in [1.82, 2.24) is 0 Å². The molecule has 0 aromatic heterocycles. The van der Waals surface area contributed by atoms with E-state index in [0.717, 1.165) is 16.0 Å². The lowest BCUT2D eigenvalue weighted by Gasteiger charge is -2.06. The Bertz CT molecular complexity index is 560. The fourth-order valence-electron chi connectivity index (χ4n) is 1.48. The number of rotatable bonds is 5. The molecule has 0 bridgehead atoms. The first-order valence-corrected chi connectivity index (χ1v) is 7.57. The van der Waals surface area contributed by atoms with Crippen LogP contribution in [-0.2, 0) is 0 Å². The van der Waals surface area contributed by atoms with Crippen LogP contribution in [0, 0.1) is 11.3 Å². The Labute approximate surface area is 125 Å². The third-order valence-corrected chi connectivity index (χ3v) is 3.92. The van der Waals surface area contributed by atoms with Gasteiger partial charge in [0.2, 0.25) is 0 Å². The highest BCUT2D eigenvalue weighted by atomic mass is 79.9. The minimum absolute atomic E-state index is 0.645. The van der Waals surface area contributed by atoms with Crippen molar-refractivity contribution in [3.05, 3.63) is 58.6 Å². The van der Waals surface area contributed by atoms with Crippen molar-refractivity contribution in [2.24, 2.45) is 0 Å². The maximum Gasteiger partial charge on any atom is 0.119 e. The minimum atomic E-state index is 0.645. The maximum absolute atomic E-state index is 8.69. The van der Waals surface area contributed by atoms with Crippen molar-refractivity contribution < 1.29 is 4.74 Å². The molecule has 4 heteroatoms. The topological polar surface area (TPSA) is 33.0 Å². The normalized spacial score (nSPS) is 9.89. The van der Waals surface area contributed by atoms with Crippen molar-refractivity contribution >= 4 is 27.7 Å². The zero-order chi connectivity index (χ0) is 13.5. The highest BCUT2D eigenvalue weighted by Gasteiger charge is 1.97. The van der Waals surface area contributed by atoms with Crippen molar-refractivity contribution in [1.29, 1.82) is 5.26 Å². The molecule has 0 atom stereocenters. The molecular weight excluding hydrogens is 322 g/mol. The molecule has 96 valence electrons. The summed E-state index contributed by atoms with van der Waals surface area (Å²) in [4.78, 5) is 1.23. The molecular formula is C15H12BrNOS. The molecule has 0 N–H and O–H groups in total. The molecule has 0 radical (unpaired) electrons. The molecule has 0 aliphatic heterocycles. The molecule has 0 unspecified atom stereocenters. The summed E-state index contributed by atoms with van der Waals surface area (Å²) in [6.07, 6.45) is 0. The molecule has 0 amide bonds. The summed E-state index contributed by atoms with van der Waals surface area (Å²) < 4.78 is 6.70. The number of ether oxygens (including phenoxy) is 1. The molecule has 0 heterocycles. The largest absolute Gasteiger partial charge is 0.493 e. The summed E-state index contributed by atoms with van der Waals surface area (Å²) in [5, 5.41) is 8.69. The van der Waals surface area contributed by atoms with Gasteiger partial charge >= 0.3 is 0 Å². The Morgan fingerprint density at radius 2 is 1.74 bits per heavy atom. The summed E-state index contributed by atoms with van der Waals surface area (Å²) in [6, 6.07) is 17.5. The molecule has 0 fully saturated rings. The van der Waals surface area contributed by atoms with E-state index in [1.165, 1.54) is 4.90 Å². The SMILES string of the molecule is N#Cc1ccc(OCCSc2ccc(Br)cc2)cc1. The molecule has 0 spiro atoms. The van der Waals surface area contributed by atoms with Gasteiger partial charge in [-0.15, -0.1) is 11.8 Å². The van der Waals surface area contributed by atoms with Crippen molar-refractivity contribution in [3.8, 4) is 11.8 Å². The van der Waals surface area contributed by atoms with Gasteiger partial charge in [0.05, 0.1) is 18.2 Å². The number of nitrogens with zero attached hydrogens (tertiary/aromatic N) is 1. The molecule has 19 heavy (non-hydrogen) atoms. The average Bonchev–Trinajstić information content (AvgIpc) is 2.46. The van der Waals surface area contributed by atoms with E-state index >= 15 is 0 Å². The second-order valence-electron chi connectivity index (χ2n) is 3.79. The van der Waals surface area contributed by atoms with E-state index < -0.39 is 0 Å². The van der Waals surface area contributed by atoms with E-state index in [1.807, 2.05) is 24.3 Å². The van der Waals surface area contributed by atoms with Gasteiger partial charge in [0.1, 0.15) is 5.75 Å². The second-order valence-corrected chi connectivity index (χ2v) is 5.87. The number of hydrogen-bond donors (Lipinski definition) is 0. The number of thioether (sulfide) groups is 1. The number of hydrogen-bond acceptors (Lipinski definition) is 3. The van der Waals surface area contributed by atoms with Crippen LogP contribution >= 0.6 is 27.7 Å². The number of nitriles is 1. The van der Waals surface area contributed by atoms with Crippen LogP contribution in [0.2, 0.25) is 0 Å². The first kappa shape index (κ1) is 14.0. The predicted octanol–water partition coefficient (Wildman–Crippen LogP) is 4.49. The van der Waals surface area contributed by atoms with E-state index in [4.69, 9.17) is 10.00 Å². The Kier molecular flexibility index (Phi) is 5.31. The van der Waals surface area contributed by atoms with Crippen LogP contribution in [0.1, 0.15) is 5.56 Å². The van der Waals surface area contributed by atoms with Crippen LogP contribution in [0.25, 0.3) is 0 Å². The van der Waals surface area contributed by atoms with Gasteiger partial charge in [-0.05, 0) is 48.5 Å². The molecule has 0 aliphatic rings. The van der Waals surface area contributed by atoms with Gasteiger partial charge in [-0.3, -0.25) is 0 Å². The van der Waals surface area contributed by atoms with Crippen molar-refractivity contribution in [2.45, 2.75) is 4.90 Å². The lowest BCUT2D eigenvalue weighted by atomic mass is 10.2. The molecule has 2 rings (SSSR count). The Morgan fingerprint density at radius 1 is 1.05 bits per heavy atom. The van der Waals surface area contributed by atoms with Crippen LogP contribution < -0.4 is 4.74 Å². The van der Waals surface area contributed by atoms with E-state index in [-0.39, 0.29) is 0 Å². The van der Waals surface area contributed by atoms with E-state index in [0.29, 0.717) is 12.2 Å². The summed E-state index contributed by atoms with van der Waals surface area (Å²) >= 11 is 5.17. The van der Waals surface area contributed by atoms with Gasteiger partial charge in [0.15, 0.2) is 0 Å². The molecule has 2 aromatic rings. The van der Waals surface area contributed by atoms with Gasteiger partial charge in [-0.2, -0.15) is 5.26 Å². The summed E-state index contributed by atoms with van der Waals surface area (Å²) in [7, 11) is 0.